The van der Waals surface area contributed by atoms with E-state index in [0.29, 0.717) is 16.8 Å². The molecule has 1 atom stereocenters. The number of hydrogen-bond donors (Lipinski definition) is 4. The molecule has 0 aliphatic carbocycles. The van der Waals surface area contributed by atoms with Crippen LogP contribution in [0.2, 0.25) is 0 Å². The van der Waals surface area contributed by atoms with Gasteiger partial charge in [-0.3, -0.25) is 10.6 Å². The molecule has 2 heterocycles. The van der Waals surface area contributed by atoms with Crippen molar-refractivity contribution in [3.63, 3.8) is 0 Å². The van der Waals surface area contributed by atoms with Crippen molar-refractivity contribution < 1.29 is 33.1 Å². The first-order chi connectivity index (χ1) is 22.8. The molecule has 3 aromatic carbocycles. The van der Waals surface area contributed by atoms with E-state index < -0.39 is 35.6 Å². The molecular weight excluding hydrogens is 619 g/mol. The van der Waals surface area contributed by atoms with Crippen molar-refractivity contribution in [2.75, 3.05) is 10.6 Å². The van der Waals surface area contributed by atoms with Gasteiger partial charge in [-0.05, 0) is 87.4 Å². The Morgan fingerprint density at radius 2 is 1.60 bits per heavy atom. The summed E-state index contributed by atoms with van der Waals surface area (Å²) in [5.41, 5.74) is 3.69. The van der Waals surface area contributed by atoms with Crippen molar-refractivity contribution >= 4 is 29.6 Å². The number of pyridine rings is 1. The average molecular weight is 653 g/mol. The number of anilines is 2. The molecular formula is C35H33FN6O6. The number of carboxylic acids is 1. The lowest BCUT2D eigenvalue weighted by atomic mass is 10.0. The highest BCUT2D eigenvalue weighted by atomic mass is 19.1. The predicted molar refractivity (Wildman–Crippen MR) is 177 cm³/mol. The Bertz CT molecular complexity index is 1920. The molecule has 13 heteroatoms. The fourth-order valence-electron chi connectivity index (χ4n) is 4.57. The summed E-state index contributed by atoms with van der Waals surface area (Å²) >= 11 is 0. The number of halogens is 1. The van der Waals surface area contributed by atoms with Crippen LogP contribution in [0.3, 0.4) is 0 Å². The van der Waals surface area contributed by atoms with Gasteiger partial charge in [-0.25, -0.2) is 23.8 Å². The van der Waals surface area contributed by atoms with Crippen LogP contribution in [0.1, 0.15) is 31.9 Å². The van der Waals surface area contributed by atoms with Crippen LogP contribution < -0.4 is 16.0 Å². The van der Waals surface area contributed by atoms with E-state index in [9.17, 15) is 19.5 Å². The van der Waals surface area contributed by atoms with Crippen molar-refractivity contribution in [2.45, 2.75) is 45.8 Å². The number of nitrogens with one attached hydrogen (secondary N) is 3. The number of nitrogens with zero attached hydrogens (tertiary/aromatic N) is 3. The maximum absolute atomic E-state index is 15.2. The van der Waals surface area contributed by atoms with E-state index >= 15 is 4.39 Å². The molecule has 1 unspecified atom stereocenters. The Kier molecular flexibility index (Phi) is 9.78. The van der Waals surface area contributed by atoms with Crippen molar-refractivity contribution in [3.05, 3.63) is 102 Å². The number of hydrogen-bond acceptors (Lipinski definition) is 8. The number of carbonyl (C=O) groups is 3. The molecule has 5 aromatic rings. The first-order valence-corrected chi connectivity index (χ1v) is 14.9. The molecule has 0 saturated carbocycles. The maximum Gasteiger partial charge on any atom is 0.412 e. The molecule has 0 bridgehead atoms. The number of amides is 3. The Morgan fingerprint density at radius 3 is 2.23 bits per heavy atom. The molecule has 48 heavy (non-hydrogen) atoms. The summed E-state index contributed by atoms with van der Waals surface area (Å²) in [5, 5.41) is 21.2. The topological polar surface area (TPSA) is 169 Å². The molecule has 3 amide bonds. The summed E-state index contributed by atoms with van der Waals surface area (Å²) in [5.74, 6) is -1.66. The van der Waals surface area contributed by atoms with Crippen LogP contribution in [-0.2, 0) is 16.0 Å². The van der Waals surface area contributed by atoms with E-state index in [2.05, 4.69) is 31.1 Å². The van der Waals surface area contributed by atoms with Gasteiger partial charge in [0.25, 0.3) is 5.89 Å². The molecule has 0 spiro atoms. The highest BCUT2D eigenvalue weighted by Gasteiger charge is 2.23. The lowest BCUT2D eigenvalue weighted by Gasteiger charge is -2.19. The average Bonchev–Trinajstić information content (AvgIpc) is 3.51. The predicted octanol–water partition coefficient (Wildman–Crippen LogP) is 7.08. The second-order valence-corrected chi connectivity index (χ2v) is 11.9. The standard InChI is InChI=1S/C35H33FN6O6/c1-20-5-8-22(9-6-20)24-12-16-29(37-19-24)40-33(45)39-28(32(43)44)18-21-7-15-26(27(36)17-21)30-41-31(48-42-30)23-10-13-25(14-11-23)38-34(46)47-35(2,3)4/h5-17,19,28H,18H2,1-4H3,(H,38,46)(H,43,44)(H2,37,39,40,45). The molecule has 0 radical (unpaired) electrons. The number of aromatic nitrogens is 3. The monoisotopic (exact) mass is 652 g/mol. The fraction of sp³-hybridized carbons (Fsp3) is 0.200. The Hall–Kier alpha value is -6.11. The lowest BCUT2D eigenvalue weighted by Crippen LogP contribution is -2.44. The first-order valence-electron chi connectivity index (χ1n) is 14.9. The summed E-state index contributed by atoms with van der Waals surface area (Å²) < 4.78 is 25.7. The number of carbonyl (C=O) groups excluding carboxylic acids is 2. The molecule has 2 aromatic heterocycles. The van der Waals surface area contributed by atoms with Gasteiger partial charge >= 0.3 is 18.1 Å². The van der Waals surface area contributed by atoms with Gasteiger partial charge in [-0.2, -0.15) is 4.98 Å². The SMILES string of the molecule is Cc1ccc(-c2ccc(NC(=O)NC(Cc3ccc(-c4noc(-c5ccc(NC(=O)OC(C)(C)C)cc5)n4)c(F)c3)C(=O)O)nc2)cc1. The van der Waals surface area contributed by atoms with Crippen LogP contribution in [0.25, 0.3) is 34.0 Å². The van der Waals surface area contributed by atoms with Gasteiger partial charge in [0.05, 0.1) is 5.56 Å². The third kappa shape index (κ3) is 8.78. The number of carboxylic acid groups (broad SMARTS) is 1. The summed E-state index contributed by atoms with van der Waals surface area (Å²) in [6.45, 7) is 7.28. The Morgan fingerprint density at radius 1 is 0.917 bits per heavy atom. The van der Waals surface area contributed by atoms with E-state index in [1.54, 1.807) is 63.4 Å². The van der Waals surface area contributed by atoms with Gasteiger partial charge in [-0.15, -0.1) is 0 Å². The quantitative estimate of drug-likeness (QED) is 0.130. The van der Waals surface area contributed by atoms with Crippen LogP contribution in [0.4, 0.5) is 25.5 Å². The first kappa shape index (κ1) is 33.3. The zero-order valence-electron chi connectivity index (χ0n) is 26.6. The molecule has 4 N–H and O–H groups in total. The van der Waals surface area contributed by atoms with E-state index in [-0.39, 0.29) is 29.5 Å². The van der Waals surface area contributed by atoms with Crippen LogP contribution in [0, 0.1) is 12.7 Å². The second-order valence-electron chi connectivity index (χ2n) is 11.9. The van der Waals surface area contributed by atoms with Gasteiger partial charge in [0, 0.05) is 29.4 Å². The third-order valence-electron chi connectivity index (χ3n) is 6.91. The Balaban J connectivity index is 1.19. The van der Waals surface area contributed by atoms with Gasteiger partial charge in [0.2, 0.25) is 5.82 Å². The highest BCUT2D eigenvalue weighted by molar-refractivity contribution is 5.91. The smallest absolute Gasteiger partial charge is 0.412 e. The molecule has 12 nitrogen and oxygen atoms in total. The minimum atomic E-state index is -1.35. The van der Waals surface area contributed by atoms with Crippen molar-refractivity contribution in [3.8, 4) is 34.0 Å². The van der Waals surface area contributed by atoms with Crippen LogP contribution in [0.5, 0.6) is 0 Å². The van der Waals surface area contributed by atoms with Gasteiger partial charge in [0.15, 0.2) is 0 Å². The highest BCUT2D eigenvalue weighted by Crippen LogP contribution is 2.26. The number of aliphatic carboxylic acids is 1. The van der Waals surface area contributed by atoms with Crippen molar-refractivity contribution in [1.29, 1.82) is 0 Å². The minimum absolute atomic E-state index is 0.0156. The summed E-state index contributed by atoms with van der Waals surface area (Å²) in [7, 11) is 0. The number of rotatable bonds is 9. The maximum atomic E-state index is 15.2. The molecule has 0 aliphatic heterocycles. The zero-order valence-corrected chi connectivity index (χ0v) is 26.6. The summed E-state index contributed by atoms with van der Waals surface area (Å²) in [6, 6.07) is 19.8. The third-order valence-corrected chi connectivity index (χ3v) is 6.91. The van der Waals surface area contributed by atoms with E-state index in [1.165, 1.54) is 12.1 Å². The molecule has 5 rings (SSSR count). The molecule has 246 valence electrons. The zero-order chi connectivity index (χ0) is 34.4. The summed E-state index contributed by atoms with van der Waals surface area (Å²) in [4.78, 5) is 45.1. The fourth-order valence-corrected chi connectivity index (χ4v) is 4.57. The number of urea groups is 1. The lowest BCUT2D eigenvalue weighted by molar-refractivity contribution is -0.139. The molecule has 0 aliphatic rings. The summed E-state index contributed by atoms with van der Waals surface area (Å²) in [6.07, 6.45) is 0.815. The van der Waals surface area contributed by atoms with Crippen molar-refractivity contribution in [1.82, 2.24) is 20.4 Å². The number of aryl methyl sites for hydroxylation is 1. The van der Waals surface area contributed by atoms with Gasteiger partial charge < -0.3 is 19.7 Å². The van der Waals surface area contributed by atoms with Gasteiger partial charge in [-0.1, -0.05) is 41.1 Å². The van der Waals surface area contributed by atoms with E-state index in [1.807, 2.05) is 31.2 Å². The Labute approximate surface area is 275 Å². The number of benzene rings is 3. The van der Waals surface area contributed by atoms with Crippen LogP contribution in [-0.4, -0.2) is 50.0 Å². The van der Waals surface area contributed by atoms with Gasteiger partial charge in [0.1, 0.15) is 23.3 Å². The van der Waals surface area contributed by atoms with Crippen molar-refractivity contribution in [2.24, 2.45) is 0 Å². The van der Waals surface area contributed by atoms with Crippen LogP contribution >= 0.6 is 0 Å². The number of ether oxygens (including phenoxy) is 1. The molecule has 0 fully saturated rings. The normalized spacial score (nSPS) is 11.8. The largest absolute Gasteiger partial charge is 0.480 e. The van der Waals surface area contributed by atoms with E-state index in [4.69, 9.17) is 9.26 Å². The second kappa shape index (κ2) is 14.1. The van der Waals surface area contributed by atoms with Crippen LogP contribution in [0.15, 0.2) is 89.6 Å². The minimum Gasteiger partial charge on any atom is -0.480 e. The van der Waals surface area contributed by atoms with E-state index in [0.717, 1.165) is 22.8 Å². The molecule has 0 saturated heterocycles.